The van der Waals surface area contributed by atoms with Gasteiger partial charge in [-0.25, -0.2) is 0 Å². The quantitative estimate of drug-likeness (QED) is 0.493. The summed E-state index contributed by atoms with van der Waals surface area (Å²) < 4.78 is 0. The summed E-state index contributed by atoms with van der Waals surface area (Å²) in [5.41, 5.74) is 2.69. The van der Waals surface area contributed by atoms with Gasteiger partial charge in [0.05, 0.1) is 10.8 Å². The van der Waals surface area contributed by atoms with Gasteiger partial charge in [-0.2, -0.15) is 0 Å². The monoisotopic (exact) mass is 294 g/mol. The first-order valence-electron chi connectivity index (χ1n) is 7.22. The summed E-state index contributed by atoms with van der Waals surface area (Å²) in [7, 11) is 0. The van der Waals surface area contributed by atoms with Crippen LogP contribution in [0.2, 0.25) is 0 Å². The molecule has 3 rings (SSSR count). The van der Waals surface area contributed by atoms with Crippen LogP contribution in [0.5, 0.6) is 11.5 Å². The van der Waals surface area contributed by atoms with E-state index < -0.39 is 0 Å². The summed E-state index contributed by atoms with van der Waals surface area (Å²) in [6.07, 6.45) is 7.24. The Morgan fingerprint density at radius 1 is 0.773 bits per heavy atom. The first-order chi connectivity index (χ1) is 10.5. The zero-order valence-corrected chi connectivity index (χ0v) is 13.1. The van der Waals surface area contributed by atoms with Gasteiger partial charge >= 0.3 is 0 Å². The molecule has 2 aromatic heterocycles. The summed E-state index contributed by atoms with van der Waals surface area (Å²) in [5, 5.41) is 24.3. The zero-order valence-electron chi connectivity index (χ0n) is 13.1. The lowest BCUT2D eigenvalue weighted by Gasteiger charge is -2.11. The second-order valence-corrected chi connectivity index (χ2v) is 5.43. The van der Waals surface area contributed by atoms with Crippen molar-refractivity contribution in [3.63, 3.8) is 0 Å². The summed E-state index contributed by atoms with van der Waals surface area (Å²) >= 11 is 0. The van der Waals surface area contributed by atoms with Gasteiger partial charge in [0, 0.05) is 12.4 Å². The molecule has 0 saturated carbocycles. The first-order valence-corrected chi connectivity index (χ1v) is 7.22. The Labute approximate surface area is 128 Å². The summed E-state index contributed by atoms with van der Waals surface area (Å²) in [4.78, 5) is 8.67. The smallest absolute Gasteiger partial charge is 0.152 e. The maximum Gasteiger partial charge on any atom is 0.152 e. The van der Waals surface area contributed by atoms with Crippen LogP contribution in [0.25, 0.3) is 34.0 Å². The Hall–Kier alpha value is -2.62. The molecule has 0 bridgehead atoms. The Morgan fingerprint density at radius 2 is 1.14 bits per heavy atom. The van der Waals surface area contributed by atoms with Gasteiger partial charge in [0.2, 0.25) is 0 Å². The van der Waals surface area contributed by atoms with Crippen molar-refractivity contribution in [3.8, 4) is 11.5 Å². The van der Waals surface area contributed by atoms with Crippen LogP contribution < -0.4 is 10.4 Å². The van der Waals surface area contributed by atoms with Crippen LogP contribution in [0, 0.1) is 13.8 Å². The number of pyridine rings is 2. The molecule has 4 heteroatoms. The number of fused-ring (bicyclic) bond motifs is 2. The zero-order chi connectivity index (χ0) is 16.0. The molecule has 0 unspecified atom stereocenters. The first kappa shape index (κ1) is 14.3. The van der Waals surface area contributed by atoms with Crippen molar-refractivity contribution in [3.05, 3.63) is 34.0 Å². The minimum Gasteiger partial charge on any atom is -0.505 e. The Morgan fingerprint density at radius 3 is 1.45 bits per heavy atom. The topological polar surface area (TPSA) is 66.2 Å². The van der Waals surface area contributed by atoms with Gasteiger partial charge in [0.1, 0.15) is 11.0 Å². The van der Waals surface area contributed by atoms with Gasteiger partial charge in [-0.3, -0.25) is 9.97 Å². The van der Waals surface area contributed by atoms with E-state index >= 15 is 0 Å². The number of nitrogens with zero attached hydrogens (tertiary/aromatic N) is 2. The largest absolute Gasteiger partial charge is 0.505 e. The lowest BCUT2D eigenvalue weighted by molar-refractivity contribution is 0.476. The number of aromatic hydroxyl groups is 2. The second-order valence-electron chi connectivity index (χ2n) is 5.43. The Kier molecular flexibility index (Phi) is 3.24. The number of hydrogen-bond acceptors (Lipinski definition) is 4. The molecular formula is C18H18N2O2. The average Bonchev–Trinajstić information content (AvgIpc) is 2.51. The number of aryl methyl sites for hydroxylation is 2. The Bertz CT molecular complexity index is 952. The standard InChI is InChI=1S/C18H18N2O2/c1-5-11-9(3)7-19-15-13(11)17(21)16-14(18(15)22)12(6-2)10(4)8-20-16/h5-8,21-22H,1-4H3. The van der Waals surface area contributed by atoms with Gasteiger partial charge in [0.25, 0.3) is 0 Å². The molecule has 0 fully saturated rings. The van der Waals surface area contributed by atoms with Crippen molar-refractivity contribution < 1.29 is 10.2 Å². The van der Waals surface area contributed by atoms with Gasteiger partial charge < -0.3 is 10.2 Å². The van der Waals surface area contributed by atoms with Crippen LogP contribution in [0.4, 0.5) is 0 Å². The summed E-state index contributed by atoms with van der Waals surface area (Å²) in [6, 6.07) is 0. The third kappa shape index (κ3) is 1.77. The van der Waals surface area contributed by atoms with Gasteiger partial charge in [-0.15, -0.1) is 0 Å². The molecule has 2 N–H and O–H groups in total. The number of aromatic nitrogens is 2. The second kappa shape index (κ2) is 4.98. The molecule has 112 valence electrons. The highest BCUT2D eigenvalue weighted by Crippen LogP contribution is 2.36. The van der Waals surface area contributed by atoms with Gasteiger partial charge in [-0.05, 0) is 49.3 Å². The number of hydrogen-bond donors (Lipinski definition) is 2. The van der Waals surface area contributed by atoms with Crippen LogP contribution in [0.15, 0.2) is 12.4 Å². The van der Waals surface area contributed by atoms with E-state index in [1.54, 1.807) is 12.4 Å². The van der Waals surface area contributed by atoms with E-state index in [1.807, 2.05) is 39.8 Å². The highest BCUT2D eigenvalue weighted by molar-refractivity contribution is 6.08. The molecule has 0 aliphatic rings. The van der Waals surface area contributed by atoms with Crippen molar-refractivity contribution in [1.82, 2.24) is 9.97 Å². The molecule has 2 heterocycles. The molecule has 1 aromatic carbocycles. The fourth-order valence-corrected chi connectivity index (χ4v) is 3.06. The van der Waals surface area contributed by atoms with E-state index in [2.05, 4.69) is 9.97 Å². The number of phenolic OH excluding ortho intramolecular Hbond substituents is 2. The fourth-order valence-electron chi connectivity index (χ4n) is 3.06. The van der Waals surface area contributed by atoms with Gasteiger partial charge in [-0.1, -0.05) is 12.2 Å². The van der Waals surface area contributed by atoms with E-state index in [9.17, 15) is 10.2 Å². The molecule has 0 amide bonds. The lowest BCUT2D eigenvalue weighted by atomic mass is 10.0. The van der Waals surface area contributed by atoms with Crippen LogP contribution in [0.3, 0.4) is 0 Å². The molecule has 22 heavy (non-hydrogen) atoms. The predicted octanol–water partition coefficient (Wildman–Crippen LogP) is 2.41. The maximum absolute atomic E-state index is 10.7. The summed E-state index contributed by atoms with van der Waals surface area (Å²) in [5.74, 6) is 0.130. The van der Waals surface area contributed by atoms with Crippen molar-refractivity contribution in [2.75, 3.05) is 0 Å². The third-order valence-electron chi connectivity index (χ3n) is 4.14. The summed E-state index contributed by atoms with van der Waals surface area (Å²) in [6.45, 7) is 7.65. The molecule has 0 aliphatic heterocycles. The van der Waals surface area contributed by atoms with E-state index in [1.165, 1.54) is 0 Å². The SMILES string of the molecule is CC=c1c(C)cnc2c(O)c3c(=CC)c(C)cnc3c(O)c12. The highest BCUT2D eigenvalue weighted by atomic mass is 16.3. The van der Waals surface area contributed by atoms with E-state index in [4.69, 9.17) is 0 Å². The minimum absolute atomic E-state index is 0.0650. The molecule has 4 nitrogen and oxygen atoms in total. The van der Waals surface area contributed by atoms with Crippen molar-refractivity contribution in [2.24, 2.45) is 0 Å². The molecule has 0 radical (unpaired) electrons. The van der Waals surface area contributed by atoms with Crippen molar-refractivity contribution >= 4 is 34.0 Å². The molecule has 0 atom stereocenters. The van der Waals surface area contributed by atoms with Crippen molar-refractivity contribution in [2.45, 2.75) is 27.7 Å². The lowest BCUT2D eigenvalue weighted by Crippen LogP contribution is -2.12. The van der Waals surface area contributed by atoms with E-state index in [0.717, 1.165) is 21.6 Å². The van der Waals surface area contributed by atoms with Crippen LogP contribution in [-0.4, -0.2) is 20.2 Å². The number of benzene rings is 1. The maximum atomic E-state index is 10.7. The predicted molar refractivity (Wildman–Crippen MR) is 89.4 cm³/mol. The van der Waals surface area contributed by atoms with Crippen LogP contribution in [-0.2, 0) is 0 Å². The van der Waals surface area contributed by atoms with E-state index in [0.29, 0.717) is 21.8 Å². The molecule has 0 aliphatic carbocycles. The number of phenols is 2. The van der Waals surface area contributed by atoms with Crippen LogP contribution >= 0.6 is 0 Å². The molecule has 3 aromatic rings. The van der Waals surface area contributed by atoms with Gasteiger partial charge in [0.15, 0.2) is 11.5 Å². The molecule has 0 spiro atoms. The minimum atomic E-state index is 0.0650. The molecular weight excluding hydrogens is 276 g/mol. The van der Waals surface area contributed by atoms with Crippen molar-refractivity contribution in [1.29, 1.82) is 0 Å². The number of rotatable bonds is 0. The fraction of sp³-hybridized carbons (Fsp3) is 0.222. The van der Waals surface area contributed by atoms with E-state index in [-0.39, 0.29) is 11.5 Å². The average molecular weight is 294 g/mol. The third-order valence-corrected chi connectivity index (χ3v) is 4.14. The highest BCUT2D eigenvalue weighted by Gasteiger charge is 2.18. The molecule has 0 saturated heterocycles. The Balaban J connectivity index is 2.78. The van der Waals surface area contributed by atoms with Crippen LogP contribution in [0.1, 0.15) is 25.0 Å². The normalized spacial score (nSPS) is 13.5.